The van der Waals surface area contributed by atoms with Crippen molar-refractivity contribution in [1.82, 2.24) is 14.9 Å². The first-order valence-electron chi connectivity index (χ1n) is 5.78. The predicted octanol–water partition coefficient (Wildman–Crippen LogP) is 2.47. The van der Waals surface area contributed by atoms with Gasteiger partial charge in [-0.25, -0.2) is 0 Å². The molecule has 1 N–H and O–H groups in total. The molecule has 0 aliphatic rings. The lowest BCUT2D eigenvalue weighted by atomic mass is 9.99. The maximum Gasteiger partial charge on any atom is 0.119 e. The van der Waals surface area contributed by atoms with Gasteiger partial charge in [-0.1, -0.05) is 10.6 Å². The SMILES string of the molecule is CNC(c1ccc(OC)cc1C)c1snnc1C. The molecule has 0 radical (unpaired) electrons. The van der Waals surface area contributed by atoms with E-state index < -0.39 is 0 Å². The van der Waals surface area contributed by atoms with Gasteiger partial charge >= 0.3 is 0 Å². The van der Waals surface area contributed by atoms with Crippen molar-refractivity contribution in [2.24, 2.45) is 0 Å². The van der Waals surface area contributed by atoms with E-state index in [4.69, 9.17) is 4.74 Å². The number of hydrogen-bond donors (Lipinski definition) is 1. The topological polar surface area (TPSA) is 47.0 Å². The third-order valence-corrected chi connectivity index (χ3v) is 3.92. The number of ether oxygens (including phenoxy) is 1. The second-order valence-corrected chi connectivity index (χ2v) is 4.95. The first-order chi connectivity index (χ1) is 8.67. The highest BCUT2D eigenvalue weighted by atomic mass is 32.1. The largest absolute Gasteiger partial charge is 0.497 e. The maximum absolute atomic E-state index is 5.24. The number of aryl methyl sites for hydroxylation is 2. The lowest BCUT2D eigenvalue weighted by molar-refractivity contribution is 0.414. The molecule has 96 valence electrons. The third kappa shape index (κ3) is 2.37. The van der Waals surface area contributed by atoms with Gasteiger partial charge in [0.1, 0.15) is 5.75 Å². The first-order valence-corrected chi connectivity index (χ1v) is 6.55. The van der Waals surface area contributed by atoms with Gasteiger partial charge in [0, 0.05) is 0 Å². The van der Waals surface area contributed by atoms with Gasteiger partial charge in [0.05, 0.1) is 23.7 Å². The molecule has 1 aromatic heterocycles. The number of rotatable bonds is 4. The van der Waals surface area contributed by atoms with Crippen LogP contribution in [0.15, 0.2) is 18.2 Å². The van der Waals surface area contributed by atoms with Crippen LogP contribution < -0.4 is 10.1 Å². The number of nitrogens with one attached hydrogen (secondary N) is 1. The van der Waals surface area contributed by atoms with Crippen LogP contribution in [-0.2, 0) is 0 Å². The summed E-state index contributed by atoms with van der Waals surface area (Å²) in [5.74, 6) is 0.880. The maximum atomic E-state index is 5.24. The highest BCUT2D eigenvalue weighted by Crippen LogP contribution is 2.30. The van der Waals surface area contributed by atoms with Gasteiger partial charge in [-0.2, -0.15) is 0 Å². The summed E-state index contributed by atoms with van der Waals surface area (Å²) in [6.45, 7) is 4.08. The molecule has 0 amide bonds. The van der Waals surface area contributed by atoms with E-state index in [0.29, 0.717) is 0 Å². The van der Waals surface area contributed by atoms with Crippen molar-refractivity contribution < 1.29 is 4.74 Å². The van der Waals surface area contributed by atoms with Gasteiger partial charge < -0.3 is 10.1 Å². The van der Waals surface area contributed by atoms with Crippen LogP contribution in [0.25, 0.3) is 0 Å². The van der Waals surface area contributed by atoms with Crippen LogP contribution in [0.4, 0.5) is 0 Å². The molecule has 5 heteroatoms. The van der Waals surface area contributed by atoms with E-state index in [-0.39, 0.29) is 6.04 Å². The highest BCUT2D eigenvalue weighted by Gasteiger charge is 2.19. The van der Waals surface area contributed by atoms with Crippen LogP contribution in [0.2, 0.25) is 0 Å². The fourth-order valence-electron chi connectivity index (χ4n) is 2.03. The van der Waals surface area contributed by atoms with Crippen molar-refractivity contribution in [3.8, 4) is 5.75 Å². The highest BCUT2D eigenvalue weighted by molar-refractivity contribution is 7.05. The fourth-order valence-corrected chi connectivity index (χ4v) is 2.80. The lowest BCUT2D eigenvalue weighted by Gasteiger charge is -2.18. The van der Waals surface area contributed by atoms with E-state index >= 15 is 0 Å². The summed E-state index contributed by atoms with van der Waals surface area (Å²) in [5, 5.41) is 7.41. The summed E-state index contributed by atoms with van der Waals surface area (Å²) in [5.41, 5.74) is 3.41. The van der Waals surface area contributed by atoms with E-state index in [9.17, 15) is 0 Å². The first kappa shape index (κ1) is 13.0. The summed E-state index contributed by atoms with van der Waals surface area (Å²) in [7, 11) is 3.63. The average molecular weight is 263 g/mol. The Labute approximate surface area is 111 Å². The van der Waals surface area contributed by atoms with E-state index in [1.54, 1.807) is 7.11 Å². The molecule has 0 aliphatic carbocycles. The van der Waals surface area contributed by atoms with Crippen LogP contribution in [0, 0.1) is 13.8 Å². The number of nitrogens with zero attached hydrogens (tertiary/aromatic N) is 2. The van der Waals surface area contributed by atoms with E-state index in [1.165, 1.54) is 22.7 Å². The minimum Gasteiger partial charge on any atom is -0.497 e. The molecule has 4 nitrogen and oxygen atoms in total. The summed E-state index contributed by atoms with van der Waals surface area (Å²) < 4.78 is 9.24. The summed E-state index contributed by atoms with van der Waals surface area (Å²) in [6.07, 6.45) is 0. The Morgan fingerprint density at radius 2 is 2.11 bits per heavy atom. The molecular formula is C13H17N3OS. The fraction of sp³-hybridized carbons (Fsp3) is 0.385. The number of benzene rings is 1. The predicted molar refractivity (Wildman–Crippen MR) is 73.3 cm³/mol. The normalized spacial score (nSPS) is 12.4. The number of aromatic nitrogens is 2. The summed E-state index contributed by atoms with van der Waals surface area (Å²) in [4.78, 5) is 1.16. The van der Waals surface area contributed by atoms with Crippen molar-refractivity contribution in [2.75, 3.05) is 14.2 Å². The number of hydrogen-bond acceptors (Lipinski definition) is 5. The molecule has 1 aromatic carbocycles. The zero-order valence-electron chi connectivity index (χ0n) is 11.0. The zero-order chi connectivity index (χ0) is 13.1. The molecule has 2 rings (SSSR count). The molecule has 1 atom stereocenters. The van der Waals surface area contributed by atoms with Gasteiger partial charge in [-0.15, -0.1) is 5.10 Å². The van der Waals surface area contributed by atoms with Crippen LogP contribution in [0.3, 0.4) is 0 Å². The van der Waals surface area contributed by atoms with Crippen molar-refractivity contribution in [3.63, 3.8) is 0 Å². The minimum absolute atomic E-state index is 0.135. The van der Waals surface area contributed by atoms with Crippen molar-refractivity contribution in [3.05, 3.63) is 39.9 Å². The second kappa shape index (κ2) is 5.46. The molecule has 1 heterocycles. The van der Waals surface area contributed by atoms with Gasteiger partial charge in [-0.05, 0) is 55.7 Å². The molecule has 0 saturated carbocycles. The smallest absolute Gasteiger partial charge is 0.119 e. The Balaban J connectivity index is 2.42. The van der Waals surface area contributed by atoms with Crippen LogP contribution in [0.1, 0.15) is 27.7 Å². The Morgan fingerprint density at radius 1 is 1.33 bits per heavy atom. The molecule has 0 aliphatic heterocycles. The Morgan fingerprint density at radius 3 is 2.61 bits per heavy atom. The number of methoxy groups -OCH3 is 1. The molecule has 0 spiro atoms. The molecule has 0 fully saturated rings. The average Bonchev–Trinajstić information content (AvgIpc) is 2.78. The molecule has 0 bridgehead atoms. The van der Waals surface area contributed by atoms with Gasteiger partial charge in [0.15, 0.2) is 0 Å². The third-order valence-electron chi connectivity index (χ3n) is 3.03. The zero-order valence-corrected chi connectivity index (χ0v) is 11.8. The van der Waals surface area contributed by atoms with Crippen molar-refractivity contribution >= 4 is 11.5 Å². The Kier molecular flexibility index (Phi) is 3.93. The van der Waals surface area contributed by atoms with Gasteiger partial charge in [0.25, 0.3) is 0 Å². The van der Waals surface area contributed by atoms with Crippen molar-refractivity contribution in [2.45, 2.75) is 19.9 Å². The molecular weight excluding hydrogens is 246 g/mol. The quantitative estimate of drug-likeness (QED) is 0.920. The van der Waals surface area contributed by atoms with Gasteiger partial charge in [0.2, 0.25) is 0 Å². The van der Waals surface area contributed by atoms with E-state index in [2.05, 4.69) is 27.9 Å². The van der Waals surface area contributed by atoms with E-state index in [1.807, 2.05) is 26.1 Å². The molecule has 0 saturated heterocycles. The monoisotopic (exact) mass is 263 g/mol. The molecule has 1 unspecified atom stereocenters. The van der Waals surface area contributed by atoms with Crippen LogP contribution >= 0.6 is 11.5 Å². The summed E-state index contributed by atoms with van der Waals surface area (Å²) >= 11 is 1.44. The Hall–Kier alpha value is -1.46. The summed E-state index contributed by atoms with van der Waals surface area (Å²) in [6, 6.07) is 6.25. The standard InChI is InChI=1S/C13H17N3OS/c1-8-7-10(17-4)5-6-11(8)12(14-3)13-9(2)15-16-18-13/h5-7,12,14H,1-4H3. The van der Waals surface area contributed by atoms with Crippen LogP contribution in [-0.4, -0.2) is 23.7 Å². The van der Waals surface area contributed by atoms with Gasteiger partial charge in [-0.3, -0.25) is 0 Å². The van der Waals surface area contributed by atoms with Crippen LogP contribution in [0.5, 0.6) is 5.75 Å². The minimum atomic E-state index is 0.135. The molecule has 2 aromatic rings. The second-order valence-electron chi connectivity index (χ2n) is 4.17. The lowest BCUT2D eigenvalue weighted by Crippen LogP contribution is -2.18. The van der Waals surface area contributed by atoms with E-state index in [0.717, 1.165) is 16.3 Å². The molecule has 18 heavy (non-hydrogen) atoms. The Bertz CT molecular complexity index is 539. The van der Waals surface area contributed by atoms with Crippen molar-refractivity contribution in [1.29, 1.82) is 0 Å².